The van der Waals surface area contributed by atoms with Gasteiger partial charge in [-0.25, -0.2) is 8.42 Å². The number of carbonyl (C=O) groups excluding carboxylic acids is 1. The number of anilines is 1. The fourth-order valence-corrected chi connectivity index (χ4v) is 3.32. The van der Waals surface area contributed by atoms with Crippen LogP contribution in [0.1, 0.15) is 28.4 Å². The number of rotatable bonds is 6. The minimum absolute atomic E-state index is 0.0699. The van der Waals surface area contributed by atoms with Crippen molar-refractivity contribution in [3.05, 3.63) is 59.2 Å². The molecule has 0 aromatic heterocycles. The van der Waals surface area contributed by atoms with Crippen molar-refractivity contribution in [2.75, 3.05) is 11.3 Å². The molecule has 0 aliphatic heterocycles. The Morgan fingerprint density at radius 3 is 2.36 bits per heavy atom. The first-order valence-corrected chi connectivity index (χ1v) is 9.34. The second-order valence-electron chi connectivity index (χ2n) is 5.94. The second-order valence-corrected chi connectivity index (χ2v) is 7.62. The summed E-state index contributed by atoms with van der Waals surface area (Å²) in [4.78, 5) is 12.0. The monoisotopic (exact) mass is 362 g/mol. The number of hydrogen-bond acceptors (Lipinski definition) is 4. The van der Waals surface area contributed by atoms with Crippen LogP contribution in [0.25, 0.3) is 0 Å². The first-order chi connectivity index (χ1) is 11.7. The standard InChI is InChI=1S/C18H22N2O4S/c1-12-5-4-6-17(14(12)3)20-25(23,24)16-9-7-15(8-10-16)18(22)19-11-13(2)21/h4-10,13,20-21H,11H2,1-3H3,(H,19,22). The van der Waals surface area contributed by atoms with Gasteiger partial charge in [0.2, 0.25) is 0 Å². The minimum atomic E-state index is -3.74. The molecule has 1 unspecified atom stereocenters. The Labute approximate surface area is 147 Å². The molecule has 2 rings (SSSR count). The zero-order valence-corrected chi connectivity index (χ0v) is 15.2. The smallest absolute Gasteiger partial charge is 0.261 e. The quantitative estimate of drug-likeness (QED) is 0.734. The molecule has 0 heterocycles. The molecule has 7 heteroatoms. The topological polar surface area (TPSA) is 95.5 Å². The van der Waals surface area contributed by atoms with Crippen molar-refractivity contribution in [2.45, 2.75) is 31.8 Å². The Morgan fingerprint density at radius 2 is 1.76 bits per heavy atom. The van der Waals surface area contributed by atoms with E-state index in [-0.39, 0.29) is 17.3 Å². The van der Waals surface area contributed by atoms with Gasteiger partial charge in [-0.3, -0.25) is 9.52 Å². The summed E-state index contributed by atoms with van der Waals surface area (Å²) in [6.45, 7) is 5.46. The largest absolute Gasteiger partial charge is 0.392 e. The molecule has 25 heavy (non-hydrogen) atoms. The van der Waals surface area contributed by atoms with Gasteiger partial charge in [0.05, 0.1) is 16.7 Å². The van der Waals surface area contributed by atoms with Crippen LogP contribution < -0.4 is 10.0 Å². The highest BCUT2D eigenvalue weighted by atomic mass is 32.2. The molecule has 0 saturated carbocycles. The van der Waals surface area contributed by atoms with E-state index in [2.05, 4.69) is 10.0 Å². The Bertz CT molecular complexity index is 859. The SMILES string of the molecule is Cc1cccc(NS(=O)(=O)c2ccc(C(=O)NCC(C)O)cc2)c1C. The van der Waals surface area contributed by atoms with Crippen molar-refractivity contribution >= 4 is 21.6 Å². The zero-order valence-electron chi connectivity index (χ0n) is 14.4. The number of sulfonamides is 1. The van der Waals surface area contributed by atoms with Gasteiger partial charge in [-0.1, -0.05) is 12.1 Å². The molecular formula is C18H22N2O4S. The van der Waals surface area contributed by atoms with Gasteiger partial charge in [0, 0.05) is 12.1 Å². The van der Waals surface area contributed by atoms with Crippen LogP contribution in [0.3, 0.4) is 0 Å². The summed E-state index contributed by atoms with van der Waals surface area (Å²) in [6.07, 6.45) is -0.648. The second kappa shape index (κ2) is 7.67. The van der Waals surface area contributed by atoms with E-state index >= 15 is 0 Å². The summed E-state index contributed by atoms with van der Waals surface area (Å²) in [5.41, 5.74) is 2.70. The molecule has 0 aliphatic rings. The van der Waals surface area contributed by atoms with Gasteiger partial charge in [0.15, 0.2) is 0 Å². The lowest BCUT2D eigenvalue weighted by Crippen LogP contribution is -2.30. The third kappa shape index (κ3) is 4.80. The molecule has 0 spiro atoms. The Kier molecular flexibility index (Phi) is 5.81. The van der Waals surface area contributed by atoms with Crippen molar-refractivity contribution in [3.63, 3.8) is 0 Å². The third-order valence-electron chi connectivity index (χ3n) is 3.83. The highest BCUT2D eigenvalue weighted by molar-refractivity contribution is 7.92. The average molecular weight is 362 g/mol. The predicted molar refractivity (Wildman–Crippen MR) is 97.2 cm³/mol. The Balaban J connectivity index is 2.17. The molecule has 0 aliphatic carbocycles. The summed E-state index contributed by atoms with van der Waals surface area (Å²) in [5, 5.41) is 11.7. The van der Waals surface area contributed by atoms with Crippen LogP contribution in [0.4, 0.5) is 5.69 Å². The molecule has 1 amide bonds. The Morgan fingerprint density at radius 1 is 1.12 bits per heavy atom. The Hall–Kier alpha value is -2.38. The van der Waals surface area contributed by atoms with Gasteiger partial charge in [-0.05, 0) is 62.2 Å². The number of hydrogen-bond donors (Lipinski definition) is 3. The van der Waals surface area contributed by atoms with Crippen LogP contribution in [0.5, 0.6) is 0 Å². The zero-order chi connectivity index (χ0) is 18.6. The maximum Gasteiger partial charge on any atom is 0.261 e. The molecule has 3 N–H and O–H groups in total. The third-order valence-corrected chi connectivity index (χ3v) is 5.22. The van der Waals surface area contributed by atoms with Gasteiger partial charge in [-0.2, -0.15) is 0 Å². The van der Waals surface area contributed by atoms with E-state index in [4.69, 9.17) is 0 Å². The summed E-state index contributed by atoms with van der Waals surface area (Å²) < 4.78 is 27.6. The highest BCUT2D eigenvalue weighted by Gasteiger charge is 2.16. The van der Waals surface area contributed by atoms with Gasteiger partial charge < -0.3 is 10.4 Å². The summed E-state index contributed by atoms with van der Waals surface area (Å²) >= 11 is 0. The van der Waals surface area contributed by atoms with E-state index < -0.39 is 16.1 Å². The molecule has 2 aromatic carbocycles. The van der Waals surface area contributed by atoms with Crippen molar-refractivity contribution < 1.29 is 18.3 Å². The predicted octanol–water partition coefficient (Wildman–Crippen LogP) is 2.21. The van der Waals surface area contributed by atoms with Crippen LogP contribution in [-0.4, -0.2) is 32.1 Å². The van der Waals surface area contributed by atoms with E-state index in [1.165, 1.54) is 24.3 Å². The van der Waals surface area contributed by atoms with Gasteiger partial charge >= 0.3 is 0 Å². The fourth-order valence-electron chi connectivity index (χ4n) is 2.19. The number of benzene rings is 2. The molecule has 6 nitrogen and oxygen atoms in total. The van der Waals surface area contributed by atoms with Crippen LogP contribution in [0, 0.1) is 13.8 Å². The van der Waals surface area contributed by atoms with E-state index in [0.717, 1.165) is 11.1 Å². The molecule has 2 aromatic rings. The molecular weight excluding hydrogens is 340 g/mol. The average Bonchev–Trinajstić information content (AvgIpc) is 2.57. The lowest BCUT2D eigenvalue weighted by Gasteiger charge is -2.12. The van der Waals surface area contributed by atoms with Gasteiger partial charge in [0.1, 0.15) is 0 Å². The minimum Gasteiger partial charge on any atom is -0.392 e. The molecule has 0 fully saturated rings. The van der Waals surface area contributed by atoms with E-state index in [1.807, 2.05) is 19.9 Å². The van der Waals surface area contributed by atoms with Crippen molar-refractivity contribution in [1.82, 2.24) is 5.32 Å². The lowest BCUT2D eigenvalue weighted by atomic mass is 10.1. The summed E-state index contributed by atoms with van der Waals surface area (Å²) in [7, 11) is -3.74. The first kappa shape index (κ1) is 19.0. The van der Waals surface area contributed by atoms with Crippen LogP contribution in [0.2, 0.25) is 0 Å². The number of aliphatic hydroxyl groups excluding tert-OH is 1. The van der Waals surface area contributed by atoms with Crippen molar-refractivity contribution in [1.29, 1.82) is 0 Å². The number of aliphatic hydroxyl groups is 1. The number of carbonyl (C=O) groups is 1. The maximum atomic E-state index is 12.5. The fraction of sp³-hybridized carbons (Fsp3) is 0.278. The molecule has 1 atom stereocenters. The van der Waals surface area contributed by atoms with Gasteiger partial charge in [-0.15, -0.1) is 0 Å². The number of nitrogens with one attached hydrogen (secondary N) is 2. The molecule has 0 saturated heterocycles. The highest BCUT2D eigenvalue weighted by Crippen LogP contribution is 2.22. The maximum absolute atomic E-state index is 12.5. The molecule has 134 valence electrons. The van der Waals surface area contributed by atoms with Crippen molar-refractivity contribution in [3.8, 4) is 0 Å². The van der Waals surface area contributed by atoms with Gasteiger partial charge in [0.25, 0.3) is 15.9 Å². The molecule has 0 radical (unpaired) electrons. The summed E-state index contributed by atoms with van der Waals surface area (Å²) in [6, 6.07) is 11.0. The number of aryl methyl sites for hydroxylation is 1. The first-order valence-electron chi connectivity index (χ1n) is 7.86. The normalized spacial score (nSPS) is 12.5. The summed E-state index contributed by atoms with van der Waals surface area (Å²) in [5.74, 6) is -0.368. The van der Waals surface area contributed by atoms with Crippen LogP contribution in [-0.2, 0) is 10.0 Å². The van der Waals surface area contributed by atoms with E-state index in [9.17, 15) is 18.3 Å². The number of amides is 1. The van der Waals surface area contributed by atoms with Crippen LogP contribution in [0.15, 0.2) is 47.4 Å². The molecule has 0 bridgehead atoms. The van der Waals surface area contributed by atoms with E-state index in [1.54, 1.807) is 19.1 Å². The van der Waals surface area contributed by atoms with Crippen LogP contribution >= 0.6 is 0 Å². The lowest BCUT2D eigenvalue weighted by molar-refractivity contribution is 0.0924. The van der Waals surface area contributed by atoms with E-state index in [0.29, 0.717) is 11.3 Å². The van der Waals surface area contributed by atoms with Crippen molar-refractivity contribution in [2.24, 2.45) is 0 Å².